The highest BCUT2D eigenvalue weighted by molar-refractivity contribution is 4.88. The Labute approximate surface area is 120 Å². The number of hydrogen-bond acceptors (Lipinski definition) is 2. The van der Waals surface area contributed by atoms with Gasteiger partial charge in [0.25, 0.3) is 0 Å². The van der Waals surface area contributed by atoms with Crippen molar-refractivity contribution >= 4 is 0 Å². The van der Waals surface area contributed by atoms with E-state index in [0.29, 0.717) is 6.04 Å². The molecule has 112 valence electrons. The van der Waals surface area contributed by atoms with Crippen molar-refractivity contribution in [3.63, 3.8) is 0 Å². The normalized spacial score (nSPS) is 25.6. The Bertz CT molecular complexity index is 236. The molecule has 1 aliphatic heterocycles. The van der Waals surface area contributed by atoms with Gasteiger partial charge in [-0.1, -0.05) is 26.2 Å². The molecule has 0 aromatic carbocycles. The topological polar surface area (TPSA) is 15.3 Å². The van der Waals surface area contributed by atoms with Gasteiger partial charge in [0.1, 0.15) is 0 Å². The number of likely N-dealkylation sites (tertiary alicyclic amines) is 1. The van der Waals surface area contributed by atoms with E-state index in [2.05, 4.69) is 24.1 Å². The molecule has 1 unspecified atom stereocenters. The summed E-state index contributed by atoms with van der Waals surface area (Å²) in [5, 5.41) is 3.51. The summed E-state index contributed by atoms with van der Waals surface area (Å²) in [5.41, 5.74) is 0.770. The van der Waals surface area contributed by atoms with Crippen LogP contribution >= 0.6 is 0 Å². The van der Waals surface area contributed by atoms with Crippen LogP contribution in [-0.4, -0.2) is 37.1 Å². The maximum absolute atomic E-state index is 3.51. The third-order valence-electron chi connectivity index (χ3n) is 5.50. The highest BCUT2D eigenvalue weighted by atomic mass is 15.1. The Morgan fingerprint density at radius 1 is 1.05 bits per heavy atom. The third-order valence-corrected chi connectivity index (χ3v) is 5.50. The molecule has 1 atom stereocenters. The second-order valence-electron chi connectivity index (χ2n) is 7.00. The average molecular weight is 266 g/mol. The summed E-state index contributed by atoms with van der Waals surface area (Å²) >= 11 is 0. The van der Waals surface area contributed by atoms with Crippen LogP contribution < -0.4 is 5.32 Å². The zero-order valence-corrected chi connectivity index (χ0v) is 13.2. The summed E-state index contributed by atoms with van der Waals surface area (Å²) in [4.78, 5) is 2.72. The van der Waals surface area contributed by atoms with Crippen molar-refractivity contribution in [3.05, 3.63) is 0 Å². The van der Waals surface area contributed by atoms with Crippen molar-refractivity contribution in [2.24, 2.45) is 5.41 Å². The van der Waals surface area contributed by atoms with Gasteiger partial charge in [0, 0.05) is 6.04 Å². The maximum Gasteiger partial charge on any atom is 0.00390 e. The van der Waals surface area contributed by atoms with Gasteiger partial charge < -0.3 is 10.2 Å². The molecule has 2 aliphatic rings. The summed E-state index contributed by atoms with van der Waals surface area (Å²) in [6.45, 7) is 9.69. The minimum atomic E-state index is 0.694. The van der Waals surface area contributed by atoms with Crippen molar-refractivity contribution in [2.45, 2.75) is 77.7 Å². The van der Waals surface area contributed by atoms with Gasteiger partial charge in [0.15, 0.2) is 0 Å². The molecule has 0 amide bonds. The van der Waals surface area contributed by atoms with Crippen molar-refractivity contribution < 1.29 is 0 Å². The van der Waals surface area contributed by atoms with E-state index in [-0.39, 0.29) is 0 Å². The van der Waals surface area contributed by atoms with Gasteiger partial charge in [-0.05, 0) is 77.0 Å². The van der Waals surface area contributed by atoms with Gasteiger partial charge in [0.2, 0.25) is 0 Å². The first-order chi connectivity index (χ1) is 9.24. The quantitative estimate of drug-likeness (QED) is 0.786. The molecule has 1 N–H and O–H groups in total. The Balaban J connectivity index is 1.60. The Kier molecular flexibility index (Phi) is 6.15. The molecular formula is C17H34N2. The smallest absolute Gasteiger partial charge is 0.00390 e. The third kappa shape index (κ3) is 4.75. The van der Waals surface area contributed by atoms with Crippen molar-refractivity contribution in [1.82, 2.24) is 10.2 Å². The van der Waals surface area contributed by atoms with Crippen LogP contribution in [0.4, 0.5) is 0 Å². The van der Waals surface area contributed by atoms with Crippen LogP contribution in [0, 0.1) is 5.41 Å². The van der Waals surface area contributed by atoms with Crippen LogP contribution in [-0.2, 0) is 0 Å². The standard InChI is InChI=1S/C17H34N2/c1-3-18-16(2)8-7-13-19-14-11-17(12-15-19)9-5-4-6-10-17/h16,18H,3-15H2,1-2H3. The predicted molar refractivity (Wildman–Crippen MR) is 83.6 cm³/mol. The maximum atomic E-state index is 3.51. The molecule has 1 heterocycles. The summed E-state index contributed by atoms with van der Waals surface area (Å²) < 4.78 is 0. The van der Waals surface area contributed by atoms with Gasteiger partial charge in [-0.15, -0.1) is 0 Å². The highest BCUT2D eigenvalue weighted by Crippen LogP contribution is 2.44. The molecule has 0 aromatic heterocycles. The van der Waals surface area contributed by atoms with E-state index in [9.17, 15) is 0 Å². The molecule has 2 rings (SSSR count). The van der Waals surface area contributed by atoms with E-state index in [1.165, 1.54) is 77.4 Å². The van der Waals surface area contributed by atoms with Crippen molar-refractivity contribution in [3.8, 4) is 0 Å². The number of nitrogens with zero attached hydrogens (tertiary/aromatic N) is 1. The molecule has 1 spiro atoms. The molecule has 2 heteroatoms. The largest absolute Gasteiger partial charge is 0.315 e. The summed E-state index contributed by atoms with van der Waals surface area (Å²) in [6.07, 6.45) is 13.2. The fourth-order valence-electron chi connectivity index (χ4n) is 4.12. The van der Waals surface area contributed by atoms with Crippen LogP contribution in [0.25, 0.3) is 0 Å². The minimum Gasteiger partial charge on any atom is -0.315 e. The van der Waals surface area contributed by atoms with Gasteiger partial charge in [0.05, 0.1) is 0 Å². The van der Waals surface area contributed by atoms with Crippen molar-refractivity contribution in [2.75, 3.05) is 26.2 Å². The lowest BCUT2D eigenvalue weighted by Gasteiger charge is -2.44. The lowest BCUT2D eigenvalue weighted by atomic mass is 9.68. The molecule has 0 radical (unpaired) electrons. The number of piperidine rings is 1. The first-order valence-corrected chi connectivity index (χ1v) is 8.70. The first-order valence-electron chi connectivity index (χ1n) is 8.70. The molecule has 1 aliphatic carbocycles. The van der Waals surface area contributed by atoms with Crippen LogP contribution in [0.2, 0.25) is 0 Å². The highest BCUT2D eigenvalue weighted by Gasteiger charge is 2.35. The zero-order valence-electron chi connectivity index (χ0n) is 13.2. The minimum absolute atomic E-state index is 0.694. The van der Waals surface area contributed by atoms with E-state index >= 15 is 0 Å². The Morgan fingerprint density at radius 3 is 2.37 bits per heavy atom. The fraction of sp³-hybridized carbons (Fsp3) is 1.00. The summed E-state index contributed by atoms with van der Waals surface area (Å²) in [6, 6.07) is 0.694. The van der Waals surface area contributed by atoms with E-state index in [1.807, 2.05) is 0 Å². The monoisotopic (exact) mass is 266 g/mol. The van der Waals surface area contributed by atoms with Crippen LogP contribution in [0.1, 0.15) is 71.6 Å². The Hall–Kier alpha value is -0.0800. The van der Waals surface area contributed by atoms with Crippen LogP contribution in [0.3, 0.4) is 0 Å². The summed E-state index contributed by atoms with van der Waals surface area (Å²) in [5.74, 6) is 0. The Morgan fingerprint density at radius 2 is 1.74 bits per heavy atom. The second kappa shape index (κ2) is 7.64. The molecule has 1 saturated carbocycles. The molecule has 19 heavy (non-hydrogen) atoms. The van der Waals surface area contributed by atoms with E-state index in [1.54, 1.807) is 0 Å². The molecule has 0 aromatic rings. The number of hydrogen-bond donors (Lipinski definition) is 1. The summed E-state index contributed by atoms with van der Waals surface area (Å²) in [7, 11) is 0. The molecular weight excluding hydrogens is 232 g/mol. The van der Waals surface area contributed by atoms with Gasteiger partial charge >= 0.3 is 0 Å². The molecule has 2 nitrogen and oxygen atoms in total. The predicted octanol–water partition coefficient (Wildman–Crippen LogP) is 3.81. The van der Waals surface area contributed by atoms with Gasteiger partial charge in [-0.25, -0.2) is 0 Å². The lowest BCUT2D eigenvalue weighted by molar-refractivity contribution is 0.0667. The van der Waals surface area contributed by atoms with E-state index < -0.39 is 0 Å². The average Bonchev–Trinajstić information content (AvgIpc) is 2.43. The SMILES string of the molecule is CCNC(C)CCCN1CCC2(CCCCC2)CC1. The first kappa shape index (κ1) is 15.3. The van der Waals surface area contributed by atoms with Crippen LogP contribution in [0.5, 0.6) is 0 Å². The van der Waals surface area contributed by atoms with Crippen LogP contribution in [0.15, 0.2) is 0 Å². The number of nitrogens with one attached hydrogen (secondary N) is 1. The van der Waals surface area contributed by atoms with Crippen molar-refractivity contribution in [1.29, 1.82) is 0 Å². The lowest BCUT2D eigenvalue weighted by Crippen LogP contribution is -2.41. The van der Waals surface area contributed by atoms with E-state index in [0.717, 1.165) is 12.0 Å². The second-order valence-corrected chi connectivity index (χ2v) is 7.00. The number of rotatable bonds is 6. The fourth-order valence-corrected chi connectivity index (χ4v) is 4.12. The molecule has 1 saturated heterocycles. The molecule has 2 fully saturated rings. The molecule has 0 bridgehead atoms. The van der Waals surface area contributed by atoms with E-state index in [4.69, 9.17) is 0 Å². The van der Waals surface area contributed by atoms with Gasteiger partial charge in [-0.2, -0.15) is 0 Å². The van der Waals surface area contributed by atoms with Gasteiger partial charge in [-0.3, -0.25) is 0 Å². The zero-order chi connectivity index (χ0) is 13.6.